The molecule has 1 aromatic rings. The third-order valence-corrected chi connectivity index (χ3v) is 4.52. The van der Waals surface area contributed by atoms with Crippen molar-refractivity contribution in [3.05, 3.63) is 34.3 Å². The molecule has 1 fully saturated rings. The van der Waals surface area contributed by atoms with Crippen molar-refractivity contribution in [3.8, 4) is 0 Å². The molecule has 1 N–H and O–H groups in total. The molecule has 1 nitrogen and oxygen atoms in total. The molecule has 0 radical (unpaired) electrons. The zero-order valence-electron chi connectivity index (χ0n) is 11.5. The van der Waals surface area contributed by atoms with Gasteiger partial charge < -0.3 is 5.32 Å². The number of hydrogen-bond acceptors (Lipinski definition) is 1. The van der Waals surface area contributed by atoms with Crippen LogP contribution in [0.15, 0.2) is 28.7 Å². The molecule has 1 atom stereocenters. The van der Waals surface area contributed by atoms with E-state index in [0.717, 1.165) is 22.9 Å². The molecular formula is C16H24BrN. The van der Waals surface area contributed by atoms with Crippen molar-refractivity contribution in [2.75, 3.05) is 0 Å². The lowest BCUT2D eigenvalue weighted by Crippen LogP contribution is -2.39. The monoisotopic (exact) mass is 309 g/mol. The van der Waals surface area contributed by atoms with Crippen LogP contribution < -0.4 is 5.32 Å². The summed E-state index contributed by atoms with van der Waals surface area (Å²) in [6.07, 6.45) is 6.61. The third-order valence-electron chi connectivity index (χ3n) is 3.99. The molecule has 0 spiro atoms. The van der Waals surface area contributed by atoms with Crippen molar-refractivity contribution in [1.29, 1.82) is 0 Å². The van der Waals surface area contributed by atoms with Crippen LogP contribution in [-0.2, 0) is 6.42 Å². The van der Waals surface area contributed by atoms with Gasteiger partial charge in [-0.25, -0.2) is 0 Å². The Hall–Kier alpha value is -0.340. The fourth-order valence-corrected chi connectivity index (χ4v) is 3.13. The van der Waals surface area contributed by atoms with E-state index in [1.54, 1.807) is 0 Å². The van der Waals surface area contributed by atoms with Gasteiger partial charge in [0.25, 0.3) is 0 Å². The second-order valence-electron chi connectivity index (χ2n) is 5.86. The van der Waals surface area contributed by atoms with Crippen LogP contribution in [0, 0.1) is 5.92 Å². The summed E-state index contributed by atoms with van der Waals surface area (Å²) in [6, 6.07) is 10.0. The van der Waals surface area contributed by atoms with Gasteiger partial charge in [0, 0.05) is 16.6 Å². The maximum absolute atomic E-state index is 3.79. The Morgan fingerprint density at radius 2 is 1.78 bits per heavy atom. The molecule has 1 unspecified atom stereocenters. The van der Waals surface area contributed by atoms with Gasteiger partial charge in [0.05, 0.1) is 0 Å². The van der Waals surface area contributed by atoms with E-state index in [2.05, 4.69) is 59.4 Å². The van der Waals surface area contributed by atoms with Gasteiger partial charge in [-0.2, -0.15) is 0 Å². The SMILES string of the molecule is CC1CCC(NC(C)Cc2ccc(Br)cc2)CC1. The van der Waals surface area contributed by atoms with Gasteiger partial charge >= 0.3 is 0 Å². The average molecular weight is 310 g/mol. The van der Waals surface area contributed by atoms with Gasteiger partial charge in [0.2, 0.25) is 0 Å². The van der Waals surface area contributed by atoms with Gasteiger partial charge in [-0.1, -0.05) is 35.0 Å². The molecule has 0 bridgehead atoms. The molecule has 1 saturated carbocycles. The van der Waals surface area contributed by atoms with Crippen LogP contribution >= 0.6 is 15.9 Å². The Balaban J connectivity index is 1.78. The van der Waals surface area contributed by atoms with Crippen molar-refractivity contribution >= 4 is 15.9 Å². The standard InChI is InChI=1S/C16H24BrN/c1-12-3-9-16(10-4-12)18-13(2)11-14-5-7-15(17)8-6-14/h5-8,12-13,16,18H,3-4,9-11H2,1-2H3. The lowest BCUT2D eigenvalue weighted by atomic mass is 9.87. The van der Waals surface area contributed by atoms with Crippen LogP contribution in [0.4, 0.5) is 0 Å². The summed E-state index contributed by atoms with van der Waals surface area (Å²) < 4.78 is 1.16. The van der Waals surface area contributed by atoms with Crippen LogP contribution in [0.25, 0.3) is 0 Å². The summed E-state index contributed by atoms with van der Waals surface area (Å²) in [5, 5.41) is 3.79. The van der Waals surface area contributed by atoms with Crippen molar-refractivity contribution in [3.63, 3.8) is 0 Å². The first-order chi connectivity index (χ1) is 8.63. The fraction of sp³-hybridized carbons (Fsp3) is 0.625. The Labute approximate surface area is 119 Å². The Morgan fingerprint density at radius 3 is 2.39 bits per heavy atom. The number of benzene rings is 1. The number of rotatable bonds is 4. The molecule has 1 aromatic carbocycles. The minimum atomic E-state index is 0.574. The lowest BCUT2D eigenvalue weighted by molar-refractivity contribution is 0.290. The van der Waals surface area contributed by atoms with Crippen LogP contribution in [0.5, 0.6) is 0 Å². The van der Waals surface area contributed by atoms with E-state index in [1.807, 2.05) is 0 Å². The Bertz CT molecular complexity index is 352. The van der Waals surface area contributed by atoms with Crippen LogP contribution in [0.3, 0.4) is 0 Å². The molecule has 2 heteroatoms. The highest BCUT2D eigenvalue weighted by Gasteiger charge is 2.19. The minimum absolute atomic E-state index is 0.574. The van der Waals surface area contributed by atoms with E-state index >= 15 is 0 Å². The van der Waals surface area contributed by atoms with E-state index in [9.17, 15) is 0 Å². The maximum atomic E-state index is 3.79. The van der Waals surface area contributed by atoms with E-state index in [4.69, 9.17) is 0 Å². The van der Waals surface area contributed by atoms with Crippen LogP contribution in [-0.4, -0.2) is 12.1 Å². The molecule has 0 saturated heterocycles. The zero-order valence-corrected chi connectivity index (χ0v) is 13.0. The third kappa shape index (κ3) is 4.40. The molecule has 0 heterocycles. The molecule has 0 aliphatic heterocycles. The molecule has 0 aromatic heterocycles. The highest BCUT2D eigenvalue weighted by atomic mass is 79.9. The molecule has 18 heavy (non-hydrogen) atoms. The molecule has 2 rings (SSSR count). The molecule has 1 aliphatic carbocycles. The molecule has 100 valence electrons. The number of halogens is 1. The highest BCUT2D eigenvalue weighted by Crippen LogP contribution is 2.24. The van der Waals surface area contributed by atoms with Crippen LogP contribution in [0.2, 0.25) is 0 Å². The van der Waals surface area contributed by atoms with E-state index < -0.39 is 0 Å². The second kappa shape index (κ2) is 6.72. The molecule has 0 amide bonds. The summed E-state index contributed by atoms with van der Waals surface area (Å²) in [4.78, 5) is 0. The predicted octanol–water partition coefficient (Wildman–Crippen LogP) is 4.55. The van der Waals surface area contributed by atoms with E-state index in [0.29, 0.717) is 6.04 Å². The van der Waals surface area contributed by atoms with Gasteiger partial charge in [0.15, 0.2) is 0 Å². The lowest BCUT2D eigenvalue weighted by Gasteiger charge is -2.29. The summed E-state index contributed by atoms with van der Waals surface area (Å²) in [7, 11) is 0. The highest BCUT2D eigenvalue weighted by molar-refractivity contribution is 9.10. The Kier molecular flexibility index (Phi) is 5.25. The predicted molar refractivity (Wildman–Crippen MR) is 81.9 cm³/mol. The zero-order chi connectivity index (χ0) is 13.0. The van der Waals surface area contributed by atoms with Crippen molar-refractivity contribution in [2.24, 2.45) is 5.92 Å². The minimum Gasteiger partial charge on any atom is -0.311 e. The molecular weight excluding hydrogens is 286 g/mol. The largest absolute Gasteiger partial charge is 0.311 e. The van der Waals surface area contributed by atoms with Gasteiger partial charge in [0.1, 0.15) is 0 Å². The quantitative estimate of drug-likeness (QED) is 0.860. The average Bonchev–Trinajstić information content (AvgIpc) is 2.35. The van der Waals surface area contributed by atoms with Crippen LogP contribution in [0.1, 0.15) is 45.1 Å². The van der Waals surface area contributed by atoms with Crippen molar-refractivity contribution < 1.29 is 0 Å². The van der Waals surface area contributed by atoms with Crippen molar-refractivity contribution in [2.45, 2.75) is 58.0 Å². The van der Waals surface area contributed by atoms with Crippen molar-refractivity contribution in [1.82, 2.24) is 5.32 Å². The van der Waals surface area contributed by atoms with E-state index in [-0.39, 0.29) is 0 Å². The fourth-order valence-electron chi connectivity index (χ4n) is 2.86. The molecule has 1 aliphatic rings. The first kappa shape index (κ1) is 14.1. The summed E-state index contributed by atoms with van der Waals surface area (Å²) in [5.74, 6) is 0.935. The smallest absolute Gasteiger partial charge is 0.0175 e. The summed E-state index contributed by atoms with van der Waals surface area (Å²) in [5.41, 5.74) is 1.42. The van der Waals surface area contributed by atoms with E-state index in [1.165, 1.54) is 31.2 Å². The summed E-state index contributed by atoms with van der Waals surface area (Å²) >= 11 is 3.48. The van der Waals surface area contributed by atoms with Gasteiger partial charge in [-0.15, -0.1) is 0 Å². The van der Waals surface area contributed by atoms with Gasteiger partial charge in [-0.3, -0.25) is 0 Å². The first-order valence-corrected chi connectivity index (χ1v) is 7.93. The summed E-state index contributed by atoms with van der Waals surface area (Å²) in [6.45, 7) is 4.68. The number of hydrogen-bond donors (Lipinski definition) is 1. The Morgan fingerprint density at radius 1 is 1.17 bits per heavy atom. The number of nitrogens with one attached hydrogen (secondary N) is 1. The first-order valence-electron chi connectivity index (χ1n) is 7.14. The normalized spacial score (nSPS) is 25.9. The van der Waals surface area contributed by atoms with Gasteiger partial charge in [-0.05, 0) is 62.6 Å². The second-order valence-corrected chi connectivity index (χ2v) is 6.77. The topological polar surface area (TPSA) is 12.0 Å². The maximum Gasteiger partial charge on any atom is 0.0175 e.